The minimum absolute atomic E-state index is 0. The van der Waals surface area contributed by atoms with Crippen LogP contribution in [0.4, 0.5) is 17.3 Å². The topological polar surface area (TPSA) is 78.4 Å². The van der Waals surface area contributed by atoms with E-state index in [1.54, 1.807) is 47.0 Å². The second-order valence-corrected chi connectivity index (χ2v) is 25.9. The van der Waals surface area contributed by atoms with Crippen molar-refractivity contribution < 1.29 is 85.9 Å². The number of pyridine rings is 1. The van der Waals surface area contributed by atoms with Crippen LogP contribution in [0.5, 0.6) is 0 Å². The molecule has 12 aromatic carbocycles. The monoisotopic (exact) mass is 1620 g/mol. The Bertz CT molecular complexity index is 8550. The van der Waals surface area contributed by atoms with Crippen molar-refractivity contribution in [2.75, 3.05) is 4.90 Å². The molecule has 0 bridgehead atoms. The van der Waals surface area contributed by atoms with Gasteiger partial charge >= 0.3 is 0 Å². The van der Waals surface area contributed by atoms with Gasteiger partial charge in [0.15, 0.2) is 0 Å². The van der Waals surface area contributed by atoms with Gasteiger partial charge in [0.2, 0.25) is 17.8 Å². The minimum Gasteiger partial charge on any atom is -0.328 e. The fraction of sp³-hybridized carbons (Fsp3) is 0.165. The average molecular weight is 1620 g/mol. The molecule has 20 rings (SSSR count). The van der Waals surface area contributed by atoms with E-state index in [9.17, 15) is 37.0 Å². The summed E-state index contributed by atoms with van der Waals surface area (Å²) in [6, 6.07) is 47.0. The summed E-state index contributed by atoms with van der Waals surface area (Å²) < 4.78 is 420. The predicted octanol–water partition coefficient (Wildman–Crippen LogP) is 23.5. The fourth-order valence-electron chi connectivity index (χ4n) is 14.7. The van der Waals surface area contributed by atoms with E-state index in [1.165, 1.54) is 51.9 Å². The van der Waals surface area contributed by atoms with Crippen LogP contribution >= 0.6 is 0 Å². The normalized spacial score (nSPS) is 24.6. The molecule has 0 saturated carbocycles. The third-order valence-electron chi connectivity index (χ3n) is 19.5. The van der Waals surface area contributed by atoms with Crippen molar-refractivity contribution in [2.24, 2.45) is 0 Å². The van der Waals surface area contributed by atoms with Gasteiger partial charge in [-0.3, -0.25) is 13.7 Å². The first kappa shape index (κ1) is 34.8. The Hall–Kier alpha value is -11.8. The van der Waals surface area contributed by atoms with E-state index in [4.69, 9.17) is 43.2 Å². The van der Waals surface area contributed by atoms with Crippen LogP contribution in [0, 0.1) is 25.3 Å². The molecule has 1 atom stereocenters. The van der Waals surface area contributed by atoms with Gasteiger partial charge < -0.3 is 14.0 Å². The average Bonchev–Trinajstić information content (AvgIpc) is 0.687. The zero-order valence-electron chi connectivity index (χ0n) is 99.9. The van der Waals surface area contributed by atoms with E-state index in [2.05, 4.69) is 18.5 Å². The molecule has 528 valence electrons. The summed E-state index contributed by atoms with van der Waals surface area (Å²) in [4.78, 5) is 22.7. The number of nitrogens with zero attached hydrogens (tertiary/aromatic N) is 10. The number of aryl methyl sites for hydroxylation is 1. The van der Waals surface area contributed by atoms with Gasteiger partial charge in [-0.05, 0) is 158 Å². The van der Waals surface area contributed by atoms with Crippen molar-refractivity contribution in [3.63, 3.8) is 0 Å². The zero-order valence-corrected chi connectivity index (χ0v) is 58.2. The molecule has 0 fully saturated rings. The molecule has 0 radical (unpaired) electrons. The van der Waals surface area contributed by atoms with Crippen LogP contribution in [0.25, 0.3) is 139 Å². The largest absolute Gasteiger partial charge is 0.328 e. The Morgan fingerprint density at radius 1 is 0.500 bits per heavy atom. The predicted molar refractivity (Wildman–Crippen MR) is 437 cm³/mol. The van der Waals surface area contributed by atoms with Gasteiger partial charge in [-0.15, -0.1) is 23.6 Å². The van der Waals surface area contributed by atoms with Crippen LogP contribution in [0.2, 0.25) is 0 Å². The van der Waals surface area contributed by atoms with Crippen molar-refractivity contribution in [1.82, 2.24) is 38.2 Å². The molecule has 10 nitrogen and oxygen atoms in total. The summed E-state index contributed by atoms with van der Waals surface area (Å²) in [6.07, 6.45) is -14.9. The summed E-state index contributed by atoms with van der Waals surface area (Å²) in [7, 11) is 0. The molecule has 6 heterocycles. The first-order valence-corrected chi connectivity index (χ1v) is 33.6. The number of para-hydroxylation sites is 8. The Morgan fingerprint density at radius 2 is 1.05 bits per heavy atom. The maximum atomic E-state index is 10.7. The molecule has 0 aliphatic heterocycles. The van der Waals surface area contributed by atoms with Crippen molar-refractivity contribution >= 4 is 93.8 Å². The van der Waals surface area contributed by atoms with Crippen LogP contribution in [0.1, 0.15) is 167 Å². The number of hydrogen-bond donors (Lipinski definition) is 0. The quantitative estimate of drug-likeness (QED) is 0.0952. The Morgan fingerprint density at radius 3 is 1.67 bits per heavy atom. The molecular formula is C97H78N10Pt-2. The van der Waals surface area contributed by atoms with Crippen molar-refractivity contribution in [1.29, 1.82) is 0 Å². The van der Waals surface area contributed by atoms with Crippen LogP contribution in [0.15, 0.2) is 273 Å². The molecule has 1 unspecified atom stereocenters. The van der Waals surface area contributed by atoms with Crippen LogP contribution in [-0.4, -0.2) is 38.2 Å². The molecule has 0 saturated heterocycles. The van der Waals surface area contributed by atoms with Crippen LogP contribution < -0.4 is 9.47 Å². The molecule has 6 aromatic heterocycles. The smallest absolute Gasteiger partial charge is 0.268 e. The number of benzene rings is 12. The maximum absolute atomic E-state index is 10.7. The standard InChI is InChI=1S/C97H78N10.Pt/c1-61-50-51-95(3,4)80-55-64(44-47-69(61)80)70-35-25-36-71(65-45-49-79-81(56-65)97(7,8)53-52-96(79,5)6)91(70)103-60-102(87-42-22-23-43-88(87)103)66-28-24-29-67(57-66)104(68-46-48-77-76-34-12-17-37-82(76)105(89(77)58-68)90-54-62(2)78(59-98-90)63-26-10-9-11-27-63)92-99-93(106-83-38-18-13-30-72(83)73-31-14-19-39-84(73)106)101-94(100-92)107-85-40-20-15-32-74(85)75-33-16-21-41-86(75)107;/h9-49,54-56,59,61H,50-53H2,1-8H3;/q-2;/i1D3,2D3,3D3,4D3,5D3,6D3,7D3,8D3,9D,10D,11D,26D,27D,44D,45D,47D,49D,50D2,51D2,52D2,53D2,55D,56D,61D;. The Balaban J connectivity index is 0.0000144. The number of imidazole rings is 1. The third kappa shape index (κ3) is 10.6. The molecule has 0 N–H and O–H groups in total. The van der Waals surface area contributed by atoms with E-state index >= 15 is 0 Å². The molecule has 2 aliphatic carbocycles. The summed E-state index contributed by atoms with van der Waals surface area (Å²) in [5.74, 6) is -4.76. The van der Waals surface area contributed by atoms with E-state index < -0.39 is 230 Å². The minimum atomic E-state index is -4.93. The summed E-state index contributed by atoms with van der Waals surface area (Å²) in [6.45, 7) is -35.0. The first-order chi connectivity index (χ1) is 70.1. The summed E-state index contributed by atoms with van der Waals surface area (Å²) >= 11 is 0. The van der Waals surface area contributed by atoms with E-state index in [0.717, 1.165) is 50.5 Å². The third-order valence-corrected chi connectivity index (χ3v) is 19.5. The Labute approximate surface area is 705 Å². The van der Waals surface area contributed by atoms with Gasteiger partial charge in [0.05, 0.1) is 53.9 Å². The van der Waals surface area contributed by atoms with E-state index in [1.807, 2.05) is 106 Å². The second kappa shape index (κ2) is 25.4. The van der Waals surface area contributed by atoms with Crippen molar-refractivity contribution in [3.05, 3.63) is 319 Å². The van der Waals surface area contributed by atoms with Gasteiger partial charge in [-0.1, -0.05) is 265 Å². The molecule has 0 amide bonds. The van der Waals surface area contributed by atoms with Crippen LogP contribution in [-0.2, 0) is 37.3 Å². The number of fused-ring (bicyclic) bond motifs is 12. The van der Waals surface area contributed by atoms with Gasteiger partial charge in [0.1, 0.15) is 5.82 Å². The molecule has 0 spiro atoms. The number of hydrogen-bond acceptors (Lipinski definition) is 5. The van der Waals surface area contributed by atoms with Gasteiger partial charge in [0.25, 0.3) is 6.33 Å². The molecule has 108 heavy (non-hydrogen) atoms. The van der Waals surface area contributed by atoms with Gasteiger partial charge in [-0.25, -0.2) is 4.98 Å². The van der Waals surface area contributed by atoms with Crippen LogP contribution in [0.3, 0.4) is 0 Å². The van der Waals surface area contributed by atoms with Gasteiger partial charge in [0, 0.05) is 105 Å². The number of anilines is 3. The van der Waals surface area contributed by atoms with Gasteiger partial charge in [-0.2, -0.15) is 39.2 Å². The molecule has 11 heteroatoms. The van der Waals surface area contributed by atoms with E-state index in [0.29, 0.717) is 38.4 Å². The molecular weight excluding hydrogens is 1500 g/mol. The fourth-order valence-corrected chi connectivity index (χ4v) is 14.7. The van der Waals surface area contributed by atoms with Crippen molar-refractivity contribution in [3.8, 4) is 62.5 Å². The summed E-state index contributed by atoms with van der Waals surface area (Å²) in [5.41, 5.74) is -26.1. The zero-order chi connectivity index (χ0) is 110. The SMILES string of the molecule is [2H]c1c([2H])c([2H])c(-c2cnc(-n3c4[c-]c(N(c5[c-]c(-n6[c-][n+](-c7c(-c8c([2H])c([2H])c9c(c8[2H])C(C([2H])([2H])[2H])(C([2H])([2H])[2H])C([2H])([2H])C([2H])([2H])C9([2H])C([2H])([2H])[2H])cccc7-c7c([2H])c([2H])c8c(c7[2H])C(C([2H])([2H])[2H])(C([2H])([2H])[2H])C([2H])([2H])C([2H])([2H])C8(C([2H])([2H])[2H])C([2H])([2H])[2H])c7ccccc76)ccc5)c5nc(-n6c7ccccc7c7ccccc76)nc(-n6c7ccccc7c7ccccc76)n5)ccc4c4ccccc43)cc2C([2H])([2H])[2H])c([2H])c1[2H].[Pt]. The maximum Gasteiger partial charge on any atom is 0.268 e. The molecule has 18 aromatic rings. The van der Waals surface area contributed by atoms with Crippen molar-refractivity contribution in [2.45, 2.75) is 102 Å². The van der Waals surface area contributed by atoms with E-state index in [-0.39, 0.29) is 83.9 Å². The Kier molecular flexibility index (Phi) is 8.19. The second-order valence-electron chi connectivity index (χ2n) is 25.9. The first-order valence-electron chi connectivity index (χ1n) is 55.6. The number of aromatic nitrogens is 9. The molecule has 2 aliphatic rings. The number of rotatable bonds is 11. The summed E-state index contributed by atoms with van der Waals surface area (Å²) in [5, 5.41) is 4.00.